The summed E-state index contributed by atoms with van der Waals surface area (Å²) in [5.74, 6) is 0.159. The van der Waals surface area contributed by atoms with Gasteiger partial charge in [0.1, 0.15) is 19.3 Å². The van der Waals surface area contributed by atoms with E-state index in [0.29, 0.717) is 17.4 Å². The van der Waals surface area contributed by atoms with Crippen LogP contribution in [-0.4, -0.2) is 84.6 Å². The second-order valence-corrected chi connectivity index (χ2v) is 17.1. The number of nitrogens with zero attached hydrogens (tertiary/aromatic N) is 1. The second kappa shape index (κ2) is 30.8. The molecule has 0 aromatic rings. The Bertz CT molecular complexity index is 850. The van der Waals surface area contributed by atoms with E-state index >= 15 is 0 Å². The predicted octanol–water partition coefficient (Wildman–Crippen LogP) is 9.24. The zero-order chi connectivity index (χ0) is 36.8. The van der Waals surface area contributed by atoms with Crippen molar-refractivity contribution in [2.75, 3.05) is 40.9 Å². The first-order valence-electron chi connectivity index (χ1n) is 20.0. The topological polar surface area (TPSA) is 125 Å². The fraction of sp³-hybridized carbons (Fsp3) is 0.923. The number of carbonyl (C=O) groups excluding carboxylic acids is 1. The molecular weight excluding hydrogens is 639 g/mol. The van der Waals surface area contributed by atoms with Gasteiger partial charge in [0.2, 0.25) is 5.91 Å². The van der Waals surface area contributed by atoms with Gasteiger partial charge in [0, 0.05) is 0 Å². The third-order valence-electron chi connectivity index (χ3n) is 9.04. The number of aliphatic hydroxyl groups excluding tert-OH is 2. The van der Waals surface area contributed by atoms with E-state index in [1.165, 1.54) is 103 Å². The summed E-state index contributed by atoms with van der Waals surface area (Å²) in [7, 11) is 1.43. The van der Waals surface area contributed by atoms with E-state index in [2.05, 4.69) is 26.1 Å². The molecule has 0 aliphatic rings. The molecule has 10 heteroatoms. The number of nitrogens with one attached hydrogen (secondary N) is 1. The number of hydrogen-bond acceptors (Lipinski definition) is 6. The molecule has 0 fully saturated rings. The second-order valence-electron chi connectivity index (χ2n) is 15.6. The molecule has 0 bridgehead atoms. The van der Waals surface area contributed by atoms with Crippen LogP contribution in [0.1, 0.15) is 168 Å². The number of unbranched alkanes of at least 4 members (excludes halogenated alkanes) is 19. The van der Waals surface area contributed by atoms with Crippen LogP contribution in [0.2, 0.25) is 0 Å². The van der Waals surface area contributed by atoms with E-state index in [-0.39, 0.29) is 6.61 Å². The molecule has 0 saturated heterocycles. The van der Waals surface area contributed by atoms with Crippen LogP contribution in [0, 0.1) is 5.92 Å². The summed E-state index contributed by atoms with van der Waals surface area (Å²) in [6, 6.07) is -1.02. The fourth-order valence-corrected chi connectivity index (χ4v) is 6.44. The summed E-state index contributed by atoms with van der Waals surface area (Å²) in [6.07, 6.45) is 27.8. The Kier molecular flexibility index (Phi) is 30.3. The maximum absolute atomic E-state index is 12.9. The van der Waals surface area contributed by atoms with Crippen LogP contribution >= 0.6 is 7.82 Å². The molecule has 0 aliphatic heterocycles. The Morgan fingerprint density at radius 1 is 0.735 bits per heavy atom. The van der Waals surface area contributed by atoms with Crippen LogP contribution in [0.4, 0.5) is 0 Å². The summed E-state index contributed by atoms with van der Waals surface area (Å²) in [5.41, 5.74) is 0. The smallest absolute Gasteiger partial charge is 0.387 e. The van der Waals surface area contributed by atoms with Gasteiger partial charge >= 0.3 is 7.82 Å². The Balaban J connectivity index is 4.64. The van der Waals surface area contributed by atoms with Gasteiger partial charge in [-0.25, -0.2) is 4.57 Å². The highest BCUT2D eigenvalue weighted by Gasteiger charge is 2.29. The van der Waals surface area contributed by atoms with Gasteiger partial charge in [0.25, 0.3) is 0 Å². The highest BCUT2D eigenvalue weighted by Crippen LogP contribution is 2.43. The summed E-state index contributed by atoms with van der Waals surface area (Å²) in [5, 5.41) is 24.1. The normalized spacial score (nSPS) is 15.5. The van der Waals surface area contributed by atoms with Gasteiger partial charge in [-0.3, -0.25) is 13.8 Å². The minimum absolute atomic E-state index is 0.0204. The van der Waals surface area contributed by atoms with Gasteiger partial charge in [-0.05, 0) is 25.2 Å². The molecule has 0 aromatic carbocycles. The molecule has 0 heterocycles. The molecule has 292 valence electrons. The van der Waals surface area contributed by atoms with Crippen molar-refractivity contribution < 1.29 is 38.0 Å². The highest BCUT2D eigenvalue weighted by molar-refractivity contribution is 7.47. The van der Waals surface area contributed by atoms with Crippen LogP contribution < -0.4 is 5.32 Å². The van der Waals surface area contributed by atoms with Gasteiger partial charge in [-0.15, -0.1) is 0 Å². The Morgan fingerprint density at radius 2 is 1.20 bits per heavy atom. The number of amides is 1. The summed E-state index contributed by atoms with van der Waals surface area (Å²) in [4.78, 5) is 23.1. The lowest BCUT2D eigenvalue weighted by Crippen LogP contribution is -2.49. The minimum Gasteiger partial charge on any atom is -0.387 e. The molecule has 2 unspecified atom stereocenters. The van der Waals surface area contributed by atoms with E-state index in [9.17, 15) is 24.5 Å². The standard InChI is InChI=1S/C39H79N2O7P/c1-7-8-9-10-11-12-13-14-15-18-22-25-28-31-38(43)39(44)40-36(34-48-49(45,46)47-33-32-41(4,5)6)37(42)30-27-24-21-19-16-17-20-23-26-29-35(2)3/h27,30,35-38,42-43H,7-26,28-29,31-34H2,1-6H3,(H-,40,44,45,46)/p+1/b30-27+/t36-,37+,38?/m0/s1. The number of aliphatic hydroxyl groups is 2. The SMILES string of the molecule is CCCCCCCCCCCCCCCC(O)C(=O)N[C@@H](COP(=O)(O)OCC[N+](C)(C)C)[C@H](O)/C=C/CCCCCCCCCC(C)C. The molecule has 4 N–H and O–H groups in total. The fourth-order valence-electron chi connectivity index (χ4n) is 5.70. The highest BCUT2D eigenvalue weighted by atomic mass is 31.2. The number of carbonyl (C=O) groups is 1. The van der Waals surface area contributed by atoms with Crippen LogP contribution in [0.5, 0.6) is 0 Å². The molecule has 9 nitrogen and oxygen atoms in total. The van der Waals surface area contributed by atoms with Gasteiger partial charge in [0.05, 0.1) is 39.9 Å². The van der Waals surface area contributed by atoms with Crippen molar-refractivity contribution in [2.45, 2.75) is 187 Å². The molecule has 1 amide bonds. The van der Waals surface area contributed by atoms with E-state index in [1.807, 2.05) is 27.2 Å². The molecule has 0 radical (unpaired) electrons. The van der Waals surface area contributed by atoms with Gasteiger partial charge < -0.3 is 24.9 Å². The number of allylic oxidation sites excluding steroid dienone is 1. The predicted molar refractivity (Wildman–Crippen MR) is 204 cm³/mol. The zero-order valence-corrected chi connectivity index (χ0v) is 33.6. The Hall–Kier alpha value is -0.800. The van der Waals surface area contributed by atoms with E-state index in [4.69, 9.17) is 9.05 Å². The third-order valence-corrected chi connectivity index (χ3v) is 10.0. The number of phosphoric acid groups is 1. The molecule has 0 aromatic heterocycles. The van der Waals surface area contributed by atoms with Crippen molar-refractivity contribution in [2.24, 2.45) is 5.92 Å². The van der Waals surface area contributed by atoms with Crippen LogP contribution in [0.3, 0.4) is 0 Å². The lowest BCUT2D eigenvalue weighted by Gasteiger charge is -2.26. The number of phosphoric ester groups is 1. The van der Waals surface area contributed by atoms with Crippen molar-refractivity contribution in [3.8, 4) is 0 Å². The largest absolute Gasteiger partial charge is 0.472 e. The number of rotatable bonds is 35. The number of likely N-dealkylation sites (N-methyl/N-ethyl adjacent to an activating group) is 1. The summed E-state index contributed by atoms with van der Waals surface area (Å²) < 4.78 is 23.4. The van der Waals surface area contributed by atoms with Crippen molar-refractivity contribution in [1.29, 1.82) is 0 Å². The van der Waals surface area contributed by atoms with Crippen molar-refractivity contribution in [3.05, 3.63) is 12.2 Å². The van der Waals surface area contributed by atoms with Crippen molar-refractivity contribution in [3.63, 3.8) is 0 Å². The summed E-state index contributed by atoms with van der Waals surface area (Å²) in [6.45, 7) is 6.88. The molecule has 0 saturated carbocycles. The average molecular weight is 720 g/mol. The van der Waals surface area contributed by atoms with Crippen LogP contribution in [0.15, 0.2) is 12.2 Å². The van der Waals surface area contributed by atoms with Crippen LogP contribution in [-0.2, 0) is 18.4 Å². The molecule has 0 rings (SSSR count). The molecule has 4 atom stereocenters. The lowest BCUT2D eigenvalue weighted by molar-refractivity contribution is -0.870. The molecule has 0 aliphatic carbocycles. The number of quaternary nitrogens is 1. The Labute approximate surface area is 302 Å². The maximum Gasteiger partial charge on any atom is 0.472 e. The van der Waals surface area contributed by atoms with Gasteiger partial charge in [0.15, 0.2) is 0 Å². The quantitative estimate of drug-likeness (QED) is 0.0223. The third kappa shape index (κ3) is 32.8. The van der Waals surface area contributed by atoms with Gasteiger partial charge in [-0.1, -0.05) is 161 Å². The Morgan fingerprint density at radius 3 is 1.69 bits per heavy atom. The van der Waals surface area contributed by atoms with E-state index < -0.39 is 38.6 Å². The summed E-state index contributed by atoms with van der Waals surface area (Å²) >= 11 is 0. The minimum atomic E-state index is -4.40. The monoisotopic (exact) mass is 720 g/mol. The van der Waals surface area contributed by atoms with Crippen molar-refractivity contribution >= 4 is 13.7 Å². The van der Waals surface area contributed by atoms with E-state index in [1.54, 1.807) is 6.08 Å². The molecule has 49 heavy (non-hydrogen) atoms. The zero-order valence-electron chi connectivity index (χ0n) is 32.7. The average Bonchev–Trinajstić information content (AvgIpc) is 3.02. The molecule has 0 spiro atoms. The maximum atomic E-state index is 12.9. The molecular formula is C39H80N2O7P+. The van der Waals surface area contributed by atoms with E-state index in [0.717, 1.165) is 44.4 Å². The first-order valence-corrected chi connectivity index (χ1v) is 21.5. The lowest BCUT2D eigenvalue weighted by atomic mass is 10.0. The first kappa shape index (κ1) is 48.2. The van der Waals surface area contributed by atoms with Crippen molar-refractivity contribution in [1.82, 2.24) is 5.32 Å². The van der Waals surface area contributed by atoms with Gasteiger partial charge in [-0.2, -0.15) is 0 Å². The first-order chi connectivity index (χ1) is 23.3. The van der Waals surface area contributed by atoms with Crippen LogP contribution in [0.25, 0.3) is 0 Å². The number of hydrogen-bond donors (Lipinski definition) is 4.